The molecule has 3 aromatic carbocycles. The number of hydrogen-bond acceptors (Lipinski definition) is 7. The molecule has 0 aromatic heterocycles. The molecule has 1 N–H and O–H groups in total. The Hall–Kier alpha value is -3.76. The number of fused-ring (bicyclic) bond motifs is 1. The van der Waals surface area contributed by atoms with Crippen LogP contribution in [0.5, 0.6) is 0 Å². The van der Waals surface area contributed by atoms with Gasteiger partial charge in [-0.25, -0.2) is 4.79 Å². The van der Waals surface area contributed by atoms with Crippen molar-refractivity contribution in [1.29, 1.82) is 0 Å². The number of ether oxygens (including phenoxy) is 4. The van der Waals surface area contributed by atoms with E-state index in [0.717, 1.165) is 62.1 Å². The number of anilines is 1. The summed E-state index contributed by atoms with van der Waals surface area (Å²) in [5, 5.41) is 2.99. The predicted molar refractivity (Wildman–Crippen MR) is 188 cm³/mol. The van der Waals surface area contributed by atoms with Crippen LogP contribution in [0.1, 0.15) is 37.3 Å². The molecular formula is C39H51N3O6. The molecule has 1 heterocycles. The van der Waals surface area contributed by atoms with Crippen molar-refractivity contribution in [1.82, 2.24) is 9.80 Å². The fourth-order valence-corrected chi connectivity index (χ4v) is 6.97. The maximum absolute atomic E-state index is 12.8. The molecule has 1 aliphatic carbocycles. The molecule has 3 atom stereocenters. The van der Waals surface area contributed by atoms with E-state index >= 15 is 0 Å². The highest BCUT2D eigenvalue weighted by Gasteiger charge is 2.42. The fourth-order valence-electron chi connectivity index (χ4n) is 6.97. The molecule has 1 saturated carbocycles. The number of rotatable bonds is 17. The Labute approximate surface area is 285 Å². The summed E-state index contributed by atoms with van der Waals surface area (Å²) in [5.41, 5.74) is 5.38. The third kappa shape index (κ3) is 10.1. The fraction of sp³-hybridized carbons (Fsp3) is 0.487. The Balaban J connectivity index is 0.959. The number of likely N-dealkylation sites (tertiary alicyclic amines) is 1. The number of carbonyl (C=O) groups excluding carboxylic acids is 2. The quantitative estimate of drug-likeness (QED) is 0.135. The summed E-state index contributed by atoms with van der Waals surface area (Å²) in [6.45, 7) is 7.12. The zero-order valence-electron chi connectivity index (χ0n) is 28.6. The van der Waals surface area contributed by atoms with Gasteiger partial charge < -0.3 is 28.7 Å². The van der Waals surface area contributed by atoms with Gasteiger partial charge in [0, 0.05) is 46.0 Å². The molecule has 1 saturated heterocycles. The van der Waals surface area contributed by atoms with Crippen molar-refractivity contribution >= 4 is 17.7 Å². The Bertz CT molecular complexity index is 1420. The van der Waals surface area contributed by atoms with E-state index in [2.05, 4.69) is 34.5 Å². The number of benzene rings is 3. The van der Waals surface area contributed by atoms with Crippen LogP contribution in [0.2, 0.25) is 0 Å². The van der Waals surface area contributed by atoms with Gasteiger partial charge in [-0.2, -0.15) is 0 Å². The van der Waals surface area contributed by atoms with Gasteiger partial charge in [-0.1, -0.05) is 72.8 Å². The van der Waals surface area contributed by atoms with Crippen LogP contribution in [0.3, 0.4) is 0 Å². The van der Waals surface area contributed by atoms with Gasteiger partial charge in [0.25, 0.3) is 0 Å². The molecule has 0 unspecified atom stereocenters. The molecule has 0 bridgehead atoms. The lowest BCUT2D eigenvalue weighted by molar-refractivity contribution is -0.145. The third-order valence-electron chi connectivity index (χ3n) is 9.67. The van der Waals surface area contributed by atoms with Crippen LogP contribution in [0.15, 0.2) is 78.9 Å². The van der Waals surface area contributed by atoms with E-state index < -0.39 is 6.29 Å². The Morgan fingerprint density at radius 1 is 0.854 bits per heavy atom. The molecule has 9 heteroatoms. The first-order valence-corrected chi connectivity index (χ1v) is 17.3. The molecule has 258 valence electrons. The number of para-hydroxylation sites is 1. The molecular weight excluding hydrogens is 606 g/mol. The Morgan fingerprint density at radius 3 is 2.17 bits per heavy atom. The minimum absolute atomic E-state index is 0.0290. The molecule has 2 aliphatic rings. The Morgan fingerprint density at radius 2 is 1.50 bits per heavy atom. The summed E-state index contributed by atoms with van der Waals surface area (Å²) in [6, 6.07) is 26.7. The number of carbonyl (C=O) groups is 2. The van der Waals surface area contributed by atoms with Gasteiger partial charge in [0.05, 0.1) is 31.9 Å². The van der Waals surface area contributed by atoms with E-state index in [0.29, 0.717) is 44.6 Å². The zero-order chi connectivity index (χ0) is 33.7. The van der Waals surface area contributed by atoms with Gasteiger partial charge in [-0.05, 0) is 67.2 Å². The number of hydrogen-bond donors (Lipinski definition) is 1. The summed E-state index contributed by atoms with van der Waals surface area (Å²) >= 11 is 0. The number of nitrogens with zero attached hydrogens (tertiary/aromatic N) is 2. The number of nitrogens with one attached hydrogen (secondary N) is 1. The topological polar surface area (TPSA) is 89.6 Å². The average molecular weight is 658 g/mol. The summed E-state index contributed by atoms with van der Waals surface area (Å²) in [4.78, 5) is 29.6. The van der Waals surface area contributed by atoms with Crippen LogP contribution in [0.4, 0.5) is 10.5 Å². The molecule has 1 aliphatic heterocycles. The van der Waals surface area contributed by atoms with E-state index in [4.69, 9.17) is 18.9 Å². The van der Waals surface area contributed by atoms with Crippen LogP contribution in [0.25, 0.3) is 11.1 Å². The molecule has 2 fully saturated rings. The highest BCUT2D eigenvalue weighted by atomic mass is 16.7. The molecule has 0 spiro atoms. The lowest BCUT2D eigenvalue weighted by Gasteiger charge is -2.25. The van der Waals surface area contributed by atoms with E-state index in [1.165, 1.54) is 11.1 Å². The number of likely N-dealkylation sites (N-methyl/N-ethyl adjacent to an activating group) is 1. The summed E-state index contributed by atoms with van der Waals surface area (Å²) in [7, 11) is 3.15. The first-order chi connectivity index (χ1) is 23.4. The predicted octanol–water partition coefficient (Wildman–Crippen LogP) is 6.27. The molecule has 0 radical (unpaired) electrons. The van der Waals surface area contributed by atoms with Crippen molar-refractivity contribution in [2.24, 2.45) is 11.8 Å². The summed E-state index contributed by atoms with van der Waals surface area (Å²) in [6.07, 6.45) is 3.22. The second-order valence-corrected chi connectivity index (χ2v) is 12.8. The highest BCUT2D eigenvalue weighted by molar-refractivity contribution is 5.91. The van der Waals surface area contributed by atoms with Crippen molar-refractivity contribution < 1.29 is 28.5 Å². The normalized spacial score (nSPS) is 19.0. The monoisotopic (exact) mass is 657 g/mol. The van der Waals surface area contributed by atoms with Gasteiger partial charge in [-0.15, -0.1) is 0 Å². The number of methoxy groups -OCH3 is 2. The SMILES string of the molecule is CCN(CC(OC)OC)C(=O)CCOCCc1ccc(CCN2C[C@H]3C[C@H](OC(=O)Nc4ccccc4-c4ccccc4)C[C@H]3C2)cc1. The van der Waals surface area contributed by atoms with Crippen LogP contribution >= 0.6 is 0 Å². The molecule has 2 amide bonds. The van der Waals surface area contributed by atoms with Crippen LogP contribution < -0.4 is 5.32 Å². The van der Waals surface area contributed by atoms with Crippen molar-refractivity contribution in [3.05, 3.63) is 90.0 Å². The Kier molecular flexibility index (Phi) is 13.4. The summed E-state index contributed by atoms with van der Waals surface area (Å²) < 4.78 is 22.1. The molecule has 3 aromatic rings. The van der Waals surface area contributed by atoms with Crippen molar-refractivity contribution in [2.75, 3.05) is 65.5 Å². The van der Waals surface area contributed by atoms with Gasteiger partial charge >= 0.3 is 6.09 Å². The van der Waals surface area contributed by atoms with Gasteiger partial charge in [0.2, 0.25) is 5.91 Å². The van der Waals surface area contributed by atoms with Crippen LogP contribution in [-0.4, -0.2) is 94.4 Å². The lowest BCUT2D eigenvalue weighted by atomic mass is 10.0. The smallest absolute Gasteiger partial charge is 0.411 e. The van der Waals surface area contributed by atoms with Gasteiger partial charge in [0.1, 0.15) is 6.10 Å². The zero-order valence-corrected chi connectivity index (χ0v) is 28.6. The second-order valence-electron chi connectivity index (χ2n) is 12.8. The maximum Gasteiger partial charge on any atom is 0.411 e. The maximum atomic E-state index is 12.8. The van der Waals surface area contributed by atoms with Gasteiger partial charge in [0.15, 0.2) is 6.29 Å². The standard InChI is InChI=1S/C39H51N3O6/c1-4-42(28-38(45-2)46-3)37(43)20-23-47-22-19-30-16-14-29(15-17-30)18-21-41-26-32-24-34(25-33(32)27-41)48-39(44)40-36-13-9-8-12-35(36)31-10-6-5-7-11-31/h5-17,32-34,38H,4,18-28H2,1-3H3,(H,40,44)/t32-,33+,34+. The molecule has 48 heavy (non-hydrogen) atoms. The average Bonchev–Trinajstić information content (AvgIpc) is 3.67. The van der Waals surface area contributed by atoms with E-state index in [1.807, 2.05) is 61.5 Å². The number of amides is 2. The highest BCUT2D eigenvalue weighted by Crippen LogP contribution is 2.39. The van der Waals surface area contributed by atoms with E-state index in [1.54, 1.807) is 19.1 Å². The van der Waals surface area contributed by atoms with Crippen molar-refractivity contribution in [2.45, 2.75) is 51.4 Å². The molecule has 5 rings (SSSR count). The minimum Gasteiger partial charge on any atom is -0.446 e. The minimum atomic E-state index is -0.419. The summed E-state index contributed by atoms with van der Waals surface area (Å²) in [5.74, 6) is 1.20. The first-order valence-electron chi connectivity index (χ1n) is 17.3. The first kappa shape index (κ1) is 35.5. The largest absolute Gasteiger partial charge is 0.446 e. The van der Waals surface area contributed by atoms with E-state index in [9.17, 15) is 9.59 Å². The third-order valence-corrected chi connectivity index (χ3v) is 9.67. The van der Waals surface area contributed by atoms with Crippen LogP contribution in [-0.2, 0) is 36.6 Å². The second kappa shape index (κ2) is 18.1. The molecule has 9 nitrogen and oxygen atoms in total. The van der Waals surface area contributed by atoms with Crippen molar-refractivity contribution in [3.8, 4) is 11.1 Å². The van der Waals surface area contributed by atoms with E-state index in [-0.39, 0.29) is 18.1 Å². The van der Waals surface area contributed by atoms with Crippen molar-refractivity contribution in [3.63, 3.8) is 0 Å². The lowest BCUT2D eigenvalue weighted by Crippen LogP contribution is -2.39. The van der Waals surface area contributed by atoms with Gasteiger partial charge in [-0.3, -0.25) is 10.1 Å². The van der Waals surface area contributed by atoms with Crippen LogP contribution in [0, 0.1) is 11.8 Å².